The first kappa shape index (κ1) is 17.4. The van der Waals surface area contributed by atoms with E-state index in [2.05, 4.69) is 24.6 Å². The number of hydrogen-bond donors (Lipinski definition) is 3. The highest BCUT2D eigenvalue weighted by Gasteiger charge is 2.07. The summed E-state index contributed by atoms with van der Waals surface area (Å²) in [5.41, 5.74) is 8.69. The monoisotopic (exact) mass is 290 g/mol. The zero-order chi connectivity index (χ0) is 13.8. The van der Waals surface area contributed by atoms with Crippen LogP contribution in [0.25, 0.3) is 0 Å². The molecular formula is C12H26N4S2. The number of nitrogens with two attached hydrogens (primary N) is 1. The number of nitrogens with one attached hydrogen (secondary N) is 2. The molecule has 0 aromatic carbocycles. The Morgan fingerprint density at radius 3 is 2.22 bits per heavy atom. The number of hydrogen-bond acceptors (Lipinski definition) is 2. The highest BCUT2D eigenvalue weighted by Crippen LogP contribution is 1.96. The van der Waals surface area contributed by atoms with Crippen LogP contribution >= 0.6 is 24.4 Å². The van der Waals surface area contributed by atoms with Crippen molar-refractivity contribution in [2.24, 2.45) is 5.73 Å². The Morgan fingerprint density at radius 1 is 1.06 bits per heavy atom. The molecule has 106 valence electrons. The summed E-state index contributed by atoms with van der Waals surface area (Å²) < 4.78 is 0. The van der Waals surface area contributed by atoms with Gasteiger partial charge in [-0.1, -0.05) is 39.5 Å². The molecule has 0 rings (SSSR count). The normalized spacial score (nSPS) is 9.89. The summed E-state index contributed by atoms with van der Waals surface area (Å²) in [6.45, 7) is 6.02. The van der Waals surface area contributed by atoms with Gasteiger partial charge in [-0.15, -0.1) is 0 Å². The van der Waals surface area contributed by atoms with Gasteiger partial charge in [-0.05, 0) is 37.3 Å². The maximum atomic E-state index is 5.65. The summed E-state index contributed by atoms with van der Waals surface area (Å²) in [4.78, 5) is 0. The van der Waals surface area contributed by atoms with Gasteiger partial charge in [0.1, 0.15) is 0 Å². The summed E-state index contributed by atoms with van der Waals surface area (Å²) >= 11 is 10.2. The number of nitrogens with zero attached hydrogens (tertiary/aromatic N) is 1. The first-order valence-electron chi connectivity index (χ1n) is 6.73. The molecule has 0 saturated carbocycles. The smallest absolute Gasteiger partial charge is 0.185 e. The Kier molecular flexibility index (Phi) is 11.1. The summed E-state index contributed by atoms with van der Waals surface area (Å²) in [7, 11) is 0. The molecule has 0 fully saturated rings. The lowest BCUT2D eigenvalue weighted by Crippen LogP contribution is -2.52. The topological polar surface area (TPSA) is 53.3 Å². The Bertz CT molecular complexity index is 246. The second kappa shape index (κ2) is 11.5. The number of hydrazine groups is 1. The van der Waals surface area contributed by atoms with Gasteiger partial charge in [0.15, 0.2) is 10.2 Å². The molecule has 4 nitrogen and oxygen atoms in total. The summed E-state index contributed by atoms with van der Waals surface area (Å²) in [5, 5.41) is 5.82. The number of unbranched alkanes of at least 4 members (excludes halogenated alkanes) is 4. The van der Waals surface area contributed by atoms with Gasteiger partial charge < -0.3 is 11.1 Å². The molecule has 0 aliphatic rings. The quantitative estimate of drug-likeness (QED) is 0.362. The van der Waals surface area contributed by atoms with E-state index in [-0.39, 0.29) is 0 Å². The third-order valence-electron chi connectivity index (χ3n) is 2.55. The molecule has 4 N–H and O–H groups in total. The van der Waals surface area contributed by atoms with E-state index in [9.17, 15) is 0 Å². The average molecular weight is 291 g/mol. The van der Waals surface area contributed by atoms with Crippen LogP contribution in [0.4, 0.5) is 0 Å². The van der Waals surface area contributed by atoms with Crippen LogP contribution in [0, 0.1) is 0 Å². The summed E-state index contributed by atoms with van der Waals surface area (Å²) in [5.74, 6) is 0. The lowest BCUT2D eigenvalue weighted by molar-refractivity contribution is 0.364. The van der Waals surface area contributed by atoms with Gasteiger partial charge in [-0.25, -0.2) is 0 Å². The minimum Gasteiger partial charge on any atom is -0.375 e. The van der Waals surface area contributed by atoms with Crippen LogP contribution in [0.2, 0.25) is 0 Å². The van der Waals surface area contributed by atoms with E-state index < -0.39 is 0 Å². The van der Waals surface area contributed by atoms with Crippen LogP contribution in [-0.2, 0) is 0 Å². The van der Waals surface area contributed by atoms with Crippen molar-refractivity contribution in [3.05, 3.63) is 0 Å². The Balaban J connectivity index is 3.85. The van der Waals surface area contributed by atoms with Crippen molar-refractivity contribution in [3.8, 4) is 0 Å². The van der Waals surface area contributed by atoms with E-state index >= 15 is 0 Å². The molecular weight excluding hydrogens is 264 g/mol. The second-order valence-corrected chi connectivity index (χ2v) is 5.10. The summed E-state index contributed by atoms with van der Waals surface area (Å²) in [6.07, 6.45) is 6.94. The molecule has 6 heteroatoms. The van der Waals surface area contributed by atoms with Gasteiger partial charge >= 0.3 is 0 Å². The lowest BCUT2D eigenvalue weighted by Gasteiger charge is -2.25. The van der Waals surface area contributed by atoms with Gasteiger partial charge in [-0.2, -0.15) is 0 Å². The first-order valence-corrected chi connectivity index (χ1v) is 7.54. The molecule has 0 heterocycles. The Hall–Kier alpha value is -0.620. The Labute approximate surface area is 122 Å². The zero-order valence-electron chi connectivity index (χ0n) is 11.5. The molecule has 0 unspecified atom stereocenters. The van der Waals surface area contributed by atoms with Gasteiger partial charge in [0.2, 0.25) is 0 Å². The molecule has 0 atom stereocenters. The molecule has 0 radical (unpaired) electrons. The Morgan fingerprint density at radius 2 is 1.67 bits per heavy atom. The minimum absolute atomic E-state index is 0.337. The van der Waals surface area contributed by atoms with Crippen molar-refractivity contribution in [2.45, 2.75) is 52.4 Å². The van der Waals surface area contributed by atoms with E-state index in [1.807, 2.05) is 0 Å². The fourth-order valence-electron chi connectivity index (χ4n) is 1.48. The van der Waals surface area contributed by atoms with Crippen molar-refractivity contribution in [1.29, 1.82) is 0 Å². The van der Waals surface area contributed by atoms with Crippen LogP contribution in [0.1, 0.15) is 52.4 Å². The third-order valence-corrected chi connectivity index (χ3v) is 3.01. The van der Waals surface area contributed by atoms with Crippen LogP contribution < -0.4 is 16.5 Å². The predicted octanol–water partition coefficient (Wildman–Crippen LogP) is 2.29. The highest BCUT2D eigenvalue weighted by molar-refractivity contribution is 7.80. The fraction of sp³-hybridized carbons (Fsp3) is 0.833. The van der Waals surface area contributed by atoms with Crippen molar-refractivity contribution >= 4 is 34.7 Å². The van der Waals surface area contributed by atoms with Gasteiger partial charge in [0, 0.05) is 13.1 Å². The molecule has 0 saturated heterocycles. The van der Waals surface area contributed by atoms with Crippen molar-refractivity contribution in [3.63, 3.8) is 0 Å². The largest absolute Gasteiger partial charge is 0.375 e. The van der Waals surface area contributed by atoms with Crippen molar-refractivity contribution < 1.29 is 0 Å². The van der Waals surface area contributed by atoms with Crippen LogP contribution in [0.5, 0.6) is 0 Å². The second-order valence-electron chi connectivity index (χ2n) is 4.27. The van der Waals surface area contributed by atoms with E-state index in [0.717, 1.165) is 32.4 Å². The van der Waals surface area contributed by atoms with Gasteiger partial charge in [0.05, 0.1) is 0 Å². The zero-order valence-corrected chi connectivity index (χ0v) is 13.1. The molecule has 0 bridgehead atoms. The average Bonchev–Trinajstić information content (AvgIpc) is 2.33. The maximum absolute atomic E-state index is 5.65. The van der Waals surface area contributed by atoms with E-state index in [4.69, 9.17) is 30.2 Å². The van der Waals surface area contributed by atoms with Gasteiger partial charge in [0.25, 0.3) is 0 Å². The molecule has 0 aliphatic heterocycles. The SMILES string of the molecule is CCCCCNC(=S)NN(CCCCC)C(N)=S. The van der Waals surface area contributed by atoms with Gasteiger partial charge in [-0.3, -0.25) is 10.4 Å². The lowest BCUT2D eigenvalue weighted by atomic mass is 10.2. The molecule has 0 aliphatic carbocycles. The standard InChI is InChI=1S/C12H26N4S2/c1-3-5-7-9-14-12(18)15-16(11(13)17)10-8-6-4-2/h3-10H2,1-2H3,(H2,13,17)(H2,14,15,18). The minimum atomic E-state index is 0.337. The number of thiocarbonyl (C=S) groups is 2. The molecule has 0 spiro atoms. The van der Waals surface area contributed by atoms with E-state index in [1.165, 1.54) is 19.3 Å². The maximum Gasteiger partial charge on any atom is 0.185 e. The van der Waals surface area contributed by atoms with Crippen molar-refractivity contribution in [1.82, 2.24) is 15.8 Å². The van der Waals surface area contributed by atoms with Crippen LogP contribution in [0.15, 0.2) is 0 Å². The number of rotatable bonds is 8. The highest BCUT2D eigenvalue weighted by atomic mass is 32.1. The van der Waals surface area contributed by atoms with Crippen molar-refractivity contribution in [2.75, 3.05) is 13.1 Å². The fourth-order valence-corrected chi connectivity index (χ4v) is 1.83. The van der Waals surface area contributed by atoms with Crippen LogP contribution in [-0.4, -0.2) is 28.3 Å². The first-order chi connectivity index (χ1) is 8.61. The molecule has 0 aromatic rings. The third kappa shape index (κ3) is 9.41. The van der Waals surface area contributed by atoms with Crippen LogP contribution in [0.3, 0.4) is 0 Å². The molecule has 18 heavy (non-hydrogen) atoms. The summed E-state index contributed by atoms with van der Waals surface area (Å²) in [6, 6.07) is 0. The van der Waals surface area contributed by atoms with E-state index in [0.29, 0.717) is 10.2 Å². The predicted molar refractivity (Wildman–Crippen MR) is 86.3 cm³/mol. The van der Waals surface area contributed by atoms with E-state index in [1.54, 1.807) is 5.01 Å². The molecule has 0 aromatic heterocycles. The molecule has 0 amide bonds.